The summed E-state index contributed by atoms with van der Waals surface area (Å²) in [5.41, 5.74) is 2.02. The molecule has 0 bridgehead atoms. The molecule has 0 unspecified atom stereocenters. The molecule has 0 amide bonds. The van der Waals surface area contributed by atoms with Crippen molar-refractivity contribution < 1.29 is 19.1 Å². The largest absolute Gasteiger partial charge is 0.488 e. The van der Waals surface area contributed by atoms with Crippen LogP contribution < -0.4 is 4.74 Å². The number of carboxylic acids is 1. The number of aliphatic carboxylic acids is 1. The first-order chi connectivity index (χ1) is 12.6. The zero-order valence-corrected chi connectivity index (χ0v) is 15.9. The maximum atomic E-state index is 11.6. The average Bonchev–Trinajstić information content (AvgIpc) is 3.03. The molecule has 132 valence electrons. The molecule has 0 saturated heterocycles. The molecule has 0 atom stereocenters. The van der Waals surface area contributed by atoms with E-state index in [0.717, 1.165) is 16.2 Å². The van der Waals surface area contributed by atoms with Gasteiger partial charge in [-0.3, -0.25) is 0 Å². The van der Waals surface area contributed by atoms with Gasteiger partial charge in [0.15, 0.2) is 5.58 Å². The number of ether oxygens (including phenoxy) is 1. The maximum absolute atomic E-state index is 11.6. The summed E-state index contributed by atoms with van der Waals surface area (Å²) in [7, 11) is 0. The Kier molecular flexibility index (Phi) is 5.80. The van der Waals surface area contributed by atoms with Gasteiger partial charge in [0, 0.05) is 0 Å². The second kappa shape index (κ2) is 8.25. The molecule has 0 saturated carbocycles. The molecule has 3 rings (SSSR count). The lowest BCUT2D eigenvalue weighted by atomic mass is 10.2. The molecule has 7 heteroatoms. The molecule has 0 radical (unpaired) electrons. The molecule has 1 aromatic heterocycles. The number of benzene rings is 2. The highest BCUT2D eigenvalue weighted by Crippen LogP contribution is 2.32. The summed E-state index contributed by atoms with van der Waals surface area (Å²) in [5, 5.41) is 9.79. The van der Waals surface area contributed by atoms with Crippen LogP contribution in [0.15, 0.2) is 74.1 Å². The van der Waals surface area contributed by atoms with Crippen molar-refractivity contribution in [2.24, 2.45) is 0 Å². The second-order valence-electron chi connectivity index (χ2n) is 5.15. The minimum absolute atomic E-state index is 0.100. The molecule has 1 N–H and O–H groups in total. The quantitative estimate of drug-likeness (QED) is 0.307. The molecule has 3 aromatic rings. The molecule has 1 heterocycles. The fourth-order valence-electron chi connectivity index (χ4n) is 2.15. The number of aromatic nitrogens is 1. The zero-order valence-electron chi connectivity index (χ0n) is 13.5. The number of para-hydroxylation sites is 2. The summed E-state index contributed by atoms with van der Waals surface area (Å²) >= 11 is 4.39. The number of carboxylic acid groups (broad SMARTS) is 1. The van der Waals surface area contributed by atoms with E-state index in [1.807, 2.05) is 18.2 Å². The Labute approximate surface area is 162 Å². The molecule has 0 aliphatic carbocycles. The summed E-state index contributed by atoms with van der Waals surface area (Å²) < 4.78 is 11.8. The van der Waals surface area contributed by atoms with Crippen molar-refractivity contribution in [3.05, 3.63) is 70.1 Å². The molecule has 0 aliphatic heterocycles. The highest BCUT2D eigenvalue weighted by Gasteiger charge is 2.15. The van der Waals surface area contributed by atoms with Crippen LogP contribution in [0.1, 0.15) is 5.56 Å². The highest BCUT2D eigenvalue weighted by molar-refractivity contribution is 9.10. The number of nitrogens with zero attached hydrogens (tertiary/aromatic N) is 1. The first-order valence-corrected chi connectivity index (χ1v) is 9.19. The van der Waals surface area contributed by atoms with Gasteiger partial charge in [-0.25, -0.2) is 9.78 Å². The number of thioether (sulfide) groups is 1. The van der Waals surface area contributed by atoms with Crippen molar-refractivity contribution in [3.8, 4) is 5.75 Å². The smallest absolute Gasteiger partial charge is 0.342 e. The van der Waals surface area contributed by atoms with Crippen molar-refractivity contribution in [2.45, 2.75) is 5.22 Å². The third-order valence-corrected chi connectivity index (χ3v) is 4.77. The summed E-state index contributed by atoms with van der Waals surface area (Å²) in [6.45, 7) is 4.00. The van der Waals surface area contributed by atoms with Crippen LogP contribution in [-0.2, 0) is 4.79 Å². The summed E-state index contributed by atoms with van der Waals surface area (Å²) in [6.07, 6.45) is 3.21. The van der Waals surface area contributed by atoms with E-state index in [9.17, 15) is 9.90 Å². The molecular weight excluding hydrogens is 418 g/mol. The minimum atomic E-state index is -1.06. The number of rotatable bonds is 7. The fourth-order valence-corrected chi connectivity index (χ4v) is 3.40. The van der Waals surface area contributed by atoms with E-state index in [1.165, 1.54) is 0 Å². The lowest BCUT2D eigenvalue weighted by molar-refractivity contribution is -0.131. The van der Waals surface area contributed by atoms with E-state index in [1.54, 1.807) is 36.4 Å². The van der Waals surface area contributed by atoms with Gasteiger partial charge in [0.2, 0.25) is 0 Å². The molecule has 5 nitrogen and oxygen atoms in total. The van der Waals surface area contributed by atoms with Crippen LogP contribution in [0.2, 0.25) is 0 Å². The van der Waals surface area contributed by atoms with E-state index >= 15 is 0 Å². The maximum Gasteiger partial charge on any atom is 0.342 e. The third-order valence-electron chi connectivity index (χ3n) is 3.29. The van der Waals surface area contributed by atoms with Crippen LogP contribution >= 0.6 is 27.7 Å². The van der Waals surface area contributed by atoms with Gasteiger partial charge in [0.25, 0.3) is 5.22 Å². The monoisotopic (exact) mass is 431 g/mol. The van der Waals surface area contributed by atoms with Crippen molar-refractivity contribution in [2.75, 3.05) is 6.61 Å². The van der Waals surface area contributed by atoms with Crippen LogP contribution in [0.3, 0.4) is 0 Å². The van der Waals surface area contributed by atoms with Crippen LogP contribution in [0.25, 0.3) is 17.2 Å². The number of oxazole rings is 1. The van der Waals surface area contributed by atoms with E-state index in [2.05, 4.69) is 27.5 Å². The predicted molar refractivity (Wildman–Crippen MR) is 105 cm³/mol. The second-order valence-corrected chi connectivity index (χ2v) is 7.00. The topological polar surface area (TPSA) is 72.6 Å². The Bertz CT molecular complexity index is 963. The summed E-state index contributed by atoms with van der Waals surface area (Å²) in [5.74, 6) is -0.397. The first-order valence-electron chi connectivity index (χ1n) is 7.58. The molecule has 0 aliphatic rings. The van der Waals surface area contributed by atoms with Crippen molar-refractivity contribution in [3.63, 3.8) is 0 Å². The fraction of sp³-hybridized carbons (Fsp3) is 0.0526. The Balaban J connectivity index is 1.86. The van der Waals surface area contributed by atoms with E-state index in [4.69, 9.17) is 9.15 Å². The number of hydrogen-bond donors (Lipinski definition) is 1. The zero-order chi connectivity index (χ0) is 18.5. The Hall–Kier alpha value is -2.51. The summed E-state index contributed by atoms with van der Waals surface area (Å²) in [6, 6.07) is 12.6. The van der Waals surface area contributed by atoms with Crippen LogP contribution in [-0.4, -0.2) is 22.7 Å². The number of carbonyl (C=O) groups is 1. The van der Waals surface area contributed by atoms with Crippen LogP contribution in [0.5, 0.6) is 5.75 Å². The predicted octanol–water partition coefficient (Wildman–Crippen LogP) is 5.37. The lowest BCUT2D eigenvalue weighted by Crippen LogP contribution is -1.97. The van der Waals surface area contributed by atoms with Crippen molar-refractivity contribution in [1.29, 1.82) is 0 Å². The van der Waals surface area contributed by atoms with Gasteiger partial charge in [-0.1, -0.05) is 30.9 Å². The normalized spacial score (nSPS) is 11.5. The Morgan fingerprint density at radius 2 is 2.15 bits per heavy atom. The van der Waals surface area contributed by atoms with Crippen molar-refractivity contribution in [1.82, 2.24) is 4.98 Å². The lowest BCUT2D eigenvalue weighted by Gasteiger charge is -2.07. The molecule has 0 spiro atoms. The molecule has 2 aromatic carbocycles. The van der Waals surface area contributed by atoms with E-state index in [0.29, 0.717) is 29.0 Å². The molecule has 0 fully saturated rings. The first kappa shape index (κ1) is 18.3. The number of hydrogen-bond acceptors (Lipinski definition) is 5. The number of fused-ring (bicyclic) bond motifs is 1. The van der Waals surface area contributed by atoms with Gasteiger partial charge in [-0.05, 0) is 63.6 Å². The Morgan fingerprint density at radius 1 is 1.35 bits per heavy atom. The summed E-state index contributed by atoms with van der Waals surface area (Å²) in [4.78, 5) is 16.0. The van der Waals surface area contributed by atoms with Crippen molar-refractivity contribution >= 4 is 50.8 Å². The average molecular weight is 432 g/mol. The third kappa shape index (κ3) is 4.36. The number of halogens is 1. The minimum Gasteiger partial charge on any atom is -0.488 e. The highest BCUT2D eigenvalue weighted by atomic mass is 79.9. The molecule has 26 heavy (non-hydrogen) atoms. The van der Waals surface area contributed by atoms with Gasteiger partial charge in [0.05, 0.1) is 4.47 Å². The molecular formula is C19H14BrNO4S. The van der Waals surface area contributed by atoms with E-state index < -0.39 is 5.97 Å². The van der Waals surface area contributed by atoms with Gasteiger partial charge in [-0.2, -0.15) is 0 Å². The Morgan fingerprint density at radius 3 is 2.85 bits per heavy atom. The van der Waals surface area contributed by atoms with Gasteiger partial charge in [0.1, 0.15) is 22.8 Å². The van der Waals surface area contributed by atoms with E-state index in [-0.39, 0.29) is 10.1 Å². The SMILES string of the molecule is C=CCOc1ccc(/C=C(\Sc2nc3ccccc3o2)C(=O)O)cc1Br. The van der Waals surface area contributed by atoms with Crippen LogP contribution in [0, 0.1) is 0 Å². The standard InChI is InChI=1S/C19H14BrNO4S/c1-2-9-24-15-8-7-12(10-13(15)20)11-17(18(22)23)26-19-21-14-5-3-4-6-16(14)25-19/h2-8,10-11H,1,9H2,(H,22,23)/b17-11-. The van der Waals surface area contributed by atoms with Gasteiger partial charge in [-0.15, -0.1) is 0 Å². The van der Waals surface area contributed by atoms with Gasteiger partial charge < -0.3 is 14.3 Å². The van der Waals surface area contributed by atoms with Gasteiger partial charge >= 0.3 is 5.97 Å². The van der Waals surface area contributed by atoms with Crippen LogP contribution in [0.4, 0.5) is 0 Å².